The molecule has 238 valence electrons. The van der Waals surface area contributed by atoms with Crippen LogP contribution in [0.5, 0.6) is 11.5 Å². The van der Waals surface area contributed by atoms with Gasteiger partial charge in [0.1, 0.15) is 24.7 Å². The minimum Gasteiger partial charge on any atom is -0.488 e. The predicted octanol–water partition coefficient (Wildman–Crippen LogP) is 12.8. The quantitative estimate of drug-likeness (QED) is 0.164. The standard InChI is InChI=1S/C48H34O2/c1-2-18-38(32-50-46-30-28-36-16-6-10-24-42(36)48(46)44-26-12-20-34-14-4-8-22-40(34)44)37(17-1)31-49-45-29-27-35-15-5-9-23-41(35)47(45)43-25-11-19-33-13-3-7-21-39(33)43/h1-30H,31-32H2. The van der Waals surface area contributed by atoms with Crippen molar-refractivity contribution >= 4 is 43.1 Å². The van der Waals surface area contributed by atoms with Gasteiger partial charge < -0.3 is 9.47 Å². The molecule has 0 aromatic heterocycles. The smallest absolute Gasteiger partial charge is 0.128 e. The van der Waals surface area contributed by atoms with Crippen molar-refractivity contribution in [2.24, 2.45) is 0 Å². The second-order valence-corrected chi connectivity index (χ2v) is 12.7. The Hall–Kier alpha value is -6.38. The Balaban J connectivity index is 1.07. The van der Waals surface area contributed by atoms with Crippen LogP contribution in [0, 0.1) is 0 Å². The fourth-order valence-electron chi connectivity index (χ4n) is 7.34. The van der Waals surface area contributed by atoms with Crippen molar-refractivity contribution in [3.63, 3.8) is 0 Å². The van der Waals surface area contributed by atoms with E-state index in [1.165, 1.54) is 54.2 Å². The van der Waals surface area contributed by atoms with Crippen molar-refractivity contribution in [3.05, 3.63) is 193 Å². The number of hydrogen-bond acceptors (Lipinski definition) is 2. The lowest BCUT2D eigenvalue weighted by atomic mass is 9.93. The van der Waals surface area contributed by atoms with Gasteiger partial charge in [-0.1, -0.05) is 170 Å². The first-order valence-electron chi connectivity index (χ1n) is 17.1. The molecule has 0 N–H and O–H groups in total. The van der Waals surface area contributed by atoms with Gasteiger partial charge in [0.25, 0.3) is 0 Å². The lowest BCUT2D eigenvalue weighted by molar-refractivity contribution is 0.287. The van der Waals surface area contributed by atoms with Gasteiger partial charge in [-0.25, -0.2) is 0 Å². The molecule has 0 saturated carbocycles. The fourth-order valence-corrected chi connectivity index (χ4v) is 7.34. The molecule has 0 bridgehead atoms. The van der Waals surface area contributed by atoms with Crippen LogP contribution >= 0.6 is 0 Å². The lowest BCUT2D eigenvalue weighted by Gasteiger charge is -2.19. The largest absolute Gasteiger partial charge is 0.488 e. The Labute approximate surface area is 291 Å². The van der Waals surface area contributed by atoms with Crippen LogP contribution in [0.2, 0.25) is 0 Å². The molecule has 0 radical (unpaired) electrons. The average Bonchev–Trinajstić information content (AvgIpc) is 3.18. The van der Waals surface area contributed by atoms with Crippen LogP contribution in [0.3, 0.4) is 0 Å². The molecular weight excluding hydrogens is 609 g/mol. The second-order valence-electron chi connectivity index (χ2n) is 12.7. The van der Waals surface area contributed by atoms with Crippen molar-refractivity contribution in [3.8, 4) is 33.8 Å². The Morgan fingerprint density at radius 3 is 1.06 bits per heavy atom. The summed E-state index contributed by atoms with van der Waals surface area (Å²) < 4.78 is 13.5. The molecule has 50 heavy (non-hydrogen) atoms. The normalized spacial score (nSPS) is 11.4. The summed E-state index contributed by atoms with van der Waals surface area (Å²) in [6.07, 6.45) is 0. The number of hydrogen-bond donors (Lipinski definition) is 0. The third kappa shape index (κ3) is 5.41. The molecule has 9 aromatic carbocycles. The first kappa shape index (κ1) is 29.7. The van der Waals surface area contributed by atoms with Gasteiger partial charge in [-0.05, 0) is 77.5 Å². The maximum Gasteiger partial charge on any atom is 0.128 e. The van der Waals surface area contributed by atoms with Crippen LogP contribution in [-0.4, -0.2) is 0 Å². The average molecular weight is 643 g/mol. The molecule has 0 aliphatic rings. The molecule has 2 heteroatoms. The minimum atomic E-state index is 0.420. The van der Waals surface area contributed by atoms with Crippen LogP contribution in [0.1, 0.15) is 11.1 Å². The molecule has 9 aromatic rings. The van der Waals surface area contributed by atoms with Crippen molar-refractivity contribution in [1.29, 1.82) is 0 Å². The highest BCUT2D eigenvalue weighted by Gasteiger charge is 2.17. The monoisotopic (exact) mass is 642 g/mol. The highest BCUT2D eigenvalue weighted by molar-refractivity contribution is 6.09. The van der Waals surface area contributed by atoms with E-state index in [-0.39, 0.29) is 0 Å². The van der Waals surface area contributed by atoms with Crippen LogP contribution in [0.4, 0.5) is 0 Å². The zero-order valence-electron chi connectivity index (χ0n) is 27.6. The zero-order valence-corrected chi connectivity index (χ0v) is 27.6. The van der Waals surface area contributed by atoms with Crippen molar-refractivity contribution in [2.45, 2.75) is 13.2 Å². The number of ether oxygens (including phenoxy) is 2. The van der Waals surface area contributed by atoms with E-state index in [0.717, 1.165) is 33.8 Å². The minimum absolute atomic E-state index is 0.420. The van der Waals surface area contributed by atoms with E-state index in [1.54, 1.807) is 0 Å². The van der Waals surface area contributed by atoms with Crippen LogP contribution < -0.4 is 9.47 Å². The molecule has 0 saturated heterocycles. The van der Waals surface area contributed by atoms with Gasteiger partial charge in [-0.2, -0.15) is 0 Å². The number of fused-ring (bicyclic) bond motifs is 4. The van der Waals surface area contributed by atoms with Gasteiger partial charge in [-0.15, -0.1) is 0 Å². The number of benzene rings is 9. The van der Waals surface area contributed by atoms with Gasteiger partial charge in [0.15, 0.2) is 0 Å². The zero-order chi connectivity index (χ0) is 33.3. The van der Waals surface area contributed by atoms with Crippen molar-refractivity contribution in [1.82, 2.24) is 0 Å². The summed E-state index contributed by atoms with van der Waals surface area (Å²) in [5, 5.41) is 9.57. The van der Waals surface area contributed by atoms with Crippen molar-refractivity contribution in [2.75, 3.05) is 0 Å². The van der Waals surface area contributed by atoms with E-state index in [4.69, 9.17) is 9.47 Å². The van der Waals surface area contributed by atoms with E-state index in [9.17, 15) is 0 Å². The first-order chi connectivity index (χ1) is 24.8. The summed E-state index contributed by atoms with van der Waals surface area (Å²) in [5.74, 6) is 1.73. The summed E-state index contributed by atoms with van der Waals surface area (Å²) in [6.45, 7) is 0.840. The summed E-state index contributed by atoms with van der Waals surface area (Å²) in [5.41, 5.74) is 6.76. The van der Waals surface area contributed by atoms with Gasteiger partial charge in [0.05, 0.1) is 0 Å². The molecular formula is C48H34O2. The van der Waals surface area contributed by atoms with Crippen molar-refractivity contribution < 1.29 is 9.47 Å². The number of rotatable bonds is 8. The SMILES string of the molecule is c1ccc(COc2ccc3ccccc3c2-c2cccc3ccccc23)c(COc2ccc3ccccc3c2-c2cccc3ccccc23)c1. The molecule has 9 rings (SSSR count). The van der Waals surface area contributed by atoms with Crippen LogP contribution in [-0.2, 0) is 13.2 Å². The maximum atomic E-state index is 6.77. The van der Waals surface area contributed by atoms with Crippen LogP contribution in [0.25, 0.3) is 65.3 Å². The van der Waals surface area contributed by atoms with Gasteiger partial charge in [0.2, 0.25) is 0 Å². The third-order valence-corrected chi connectivity index (χ3v) is 9.78. The molecule has 0 aliphatic carbocycles. The summed E-state index contributed by atoms with van der Waals surface area (Å²) in [4.78, 5) is 0. The Kier molecular flexibility index (Phi) is 7.68. The lowest BCUT2D eigenvalue weighted by Crippen LogP contribution is -2.05. The van der Waals surface area contributed by atoms with E-state index in [1.807, 2.05) is 0 Å². The molecule has 0 fully saturated rings. The molecule has 0 unspecified atom stereocenters. The van der Waals surface area contributed by atoms with Gasteiger partial charge in [-0.3, -0.25) is 0 Å². The third-order valence-electron chi connectivity index (χ3n) is 9.78. The van der Waals surface area contributed by atoms with Crippen LogP contribution in [0.15, 0.2) is 182 Å². The van der Waals surface area contributed by atoms with Gasteiger partial charge in [0, 0.05) is 11.1 Å². The van der Waals surface area contributed by atoms with E-state index in [0.29, 0.717) is 13.2 Å². The highest BCUT2D eigenvalue weighted by Crippen LogP contribution is 2.42. The van der Waals surface area contributed by atoms with E-state index >= 15 is 0 Å². The first-order valence-corrected chi connectivity index (χ1v) is 17.1. The predicted molar refractivity (Wildman–Crippen MR) is 209 cm³/mol. The Morgan fingerprint density at radius 1 is 0.280 bits per heavy atom. The summed E-state index contributed by atoms with van der Waals surface area (Å²) in [7, 11) is 0. The maximum absolute atomic E-state index is 6.77. The van der Waals surface area contributed by atoms with Gasteiger partial charge >= 0.3 is 0 Å². The summed E-state index contributed by atoms with van der Waals surface area (Å²) >= 11 is 0. The molecule has 0 atom stereocenters. The molecule has 0 spiro atoms. The molecule has 0 aliphatic heterocycles. The van der Waals surface area contributed by atoms with E-state index < -0.39 is 0 Å². The highest BCUT2D eigenvalue weighted by atomic mass is 16.5. The Morgan fingerprint density at radius 2 is 0.620 bits per heavy atom. The summed E-state index contributed by atoms with van der Waals surface area (Å²) in [6, 6.07) is 64.2. The second kappa shape index (κ2) is 12.9. The molecule has 0 amide bonds. The Bertz CT molecular complexity index is 2470. The molecule has 0 heterocycles. The van der Waals surface area contributed by atoms with E-state index in [2.05, 4.69) is 182 Å². The molecule has 2 nitrogen and oxygen atoms in total. The topological polar surface area (TPSA) is 18.5 Å². The fraction of sp³-hybridized carbons (Fsp3) is 0.0417.